The Bertz CT molecular complexity index is 2260. The van der Waals surface area contributed by atoms with Gasteiger partial charge in [-0.2, -0.15) is 4.98 Å². The normalized spacial score (nSPS) is 25.7. The molecule has 9 atom stereocenters. The number of aromatic amines is 2. The lowest BCUT2D eigenvalue weighted by Gasteiger charge is -2.26. The maximum absolute atomic E-state index is 13.7. The highest BCUT2D eigenvalue weighted by atomic mass is 31.2. The van der Waals surface area contributed by atoms with Crippen LogP contribution in [0.4, 0.5) is 11.8 Å². The largest absolute Gasteiger partial charge is 0.472 e. The van der Waals surface area contributed by atoms with E-state index >= 15 is 0 Å². The molecule has 0 radical (unpaired) electrons. The number of nitrogens with zero attached hydrogens (tertiary/aromatic N) is 6. The van der Waals surface area contributed by atoms with E-state index in [1.54, 1.807) is 6.20 Å². The van der Waals surface area contributed by atoms with Gasteiger partial charge in [0.15, 0.2) is 23.2 Å². The van der Waals surface area contributed by atoms with Gasteiger partial charge in [0.05, 0.1) is 44.4 Å². The van der Waals surface area contributed by atoms with E-state index in [4.69, 9.17) is 58.3 Å². The lowest BCUT2D eigenvalue weighted by atomic mass is 10.1. The maximum Gasteiger partial charge on any atom is 0.472 e. The van der Waals surface area contributed by atoms with Gasteiger partial charge in [-0.15, -0.1) is 0 Å². The van der Waals surface area contributed by atoms with Crippen molar-refractivity contribution in [2.24, 2.45) is 5.92 Å². The van der Waals surface area contributed by atoms with Crippen molar-refractivity contribution in [2.75, 3.05) is 71.3 Å². The van der Waals surface area contributed by atoms with Gasteiger partial charge < -0.3 is 50.8 Å². The van der Waals surface area contributed by atoms with Crippen molar-refractivity contribution in [1.82, 2.24) is 39.4 Å². The predicted octanol–water partition coefficient (Wildman–Crippen LogP) is -0.497. The summed E-state index contributed by atoms with van der Waals surface area (Å²) in [5, 5.41) is 18.1. The highest BCUT2D eigenvalue weighted by molar-refractivity contribution is 7.48. The smallest absolute Gasteiger partial charge is 0.396 e. The molecule has 2 aliphatic heterocycles. The molecule has 0 amide bonds. The number of hydrogen-bond donors (Lipinski definition) is 9. The Morgan fingerprint density at radius 2 is 1.59 bits per heavy atom. The van der Waals surface area contributed by atoms with Gasteiger partial charge in [0.1, 0.15) is 30.2 Å². The number of fused-ring (bicyclic) bond motifs is 2. The first kappa shape index (κ1) is 45.2. The number of phosphoric ester groups is 3. The lowest BCUT2D eigenvalue weighted by molar-refractivity contribution is -0.0594. The second-order valence-corrected chi connectivity index (χ2v) is 17.6. The zero-order chi connectivity index (χ0) is 42.5. The number of aliphatic hydroxyl groups is 2. The van der Waals surface area contributed by atoms with E-state index in [-0.39, 0.29) is 81.8 Å². The zero-order valence-corrected chi connectivity index (χ0v) is 34.0. The molecule has 59 heavy (non-hydrogen) atoms. The van der Waals surface area contributed by atoms with E-state index in [9.17, 15) is 33.2 Å². The summed E-state index contributed by atoms with van der Waals surface area (Å²) in [5.74, 6) is -0.855. The van der Waals surface area contributed by atoms with Crippen LogP contribution in [0, 0.1) is 5.92 Å². The van der Waals surface area contributed by atoms with Crippen molar-refractivity contribution in [3.63, 3.8) is 0 Å². The number of aromatic nitrogens is 7. The molecule has 6 heterocycles. The summed E-state index contributed by atoms with van der Waals surface area (Å²) in [6.45, 7) is -2.26. The fraction of sp³-hybridized carbons (Fsp3) is 0.621. The van der Waals surface area contributed by atoms with Crippen LogP contribution in [-0.2, 0) is 56.9 Å². The number of H-pyrrole nitrogens is 2. The van der Waals surface area contributed by atoms with Crippen LogP contribution < -0.4 is 17.0 Å². The Balaban J connectivity index is 1.21. The zero-order valence-electron chi connectivity index (χ0n) is 31.3. The molecule has 4 unspecified atom stereocenters. The quantitative estimate of drug-likeness (QED) is 0.0355. The van der Waals surface area contributed by atoms with Crippen LogP contribution in [0.3, 0.4) is 0 Å². The number of imidazole rings is 1. The summed E-state index contributed by atoms with van der Waals surface area (Å²) in [6.07, 6.45) is -2.59. The molecule has 0 spiro atoms. The van der Waals surface area contributed by atoms with Gasteiger partial charge in [0.2, 0.25) is 5.95 Å². The number of aliphatic hydroxyl groups excluding tert-OH is 2. The van der Waals surface area contributed by atoms with Crippen LogP contribution in [0.5, 0.6) is 0 Å². The molecule has 11 N–H and O–H groups in total. The van der Waals surface area contributed by atoms with Gasteiger partial charge in [-0.3, -0.25) is 46.4 Å². The molecule has 2 saturated heterocycles. The maximum atomic E-state index is 13.7. The molecule has 0 bridgehead atoms. The third-order valence-corrected chi connectivity index (χ3v) is 12.2. The summed E-state index contributed by atoms with van der Waals surface area (Å²) in [6, 6.07) is 0. The number of rotatable bonds is 22. The monoisotopic (exact) mass is 898 g/mol. The first-order valence-corrected chi connectivity index (χ1v) is 22.4. The molecule has 328 valence electrons. The third kappa shape index (κ3) is 11.2. The molecule has 0 aromatic carbocycles. The number of hydrogen-bond acceptors (Lipinski definition) is 21. The SMILES string of the molecule is CO[C@H]1C(OP(=O)(O)OCCCO)[C@@H](COP(=O)(O)O[C@@H]2CN(Cc3c[nH]c4c(N)ncnc34)C[C@@H]2COP(=O)(O)OCCCO)O[C@H]1n1cnc2c(=O)[nH]c(N)nc21. The van der Waals surface area contributed by atoms with Gasteiger partial charge in [0.25, 0.3) is 5.56 Å². The third-order valence-electron chi connectivity index (χ3n) is 9.20. The Kier molecular flexibility index (Phi) is 14.7. The van der Waals surface area contributed by atoms with Crippen molar-refractivity contribution in [3.8, 4) is 0 Å². The predicted molar refractivity (Wildman–Crippen MR) is 201 cm³/mol. The fourth-order valence-corrected chi connectivity index (χ4v) is 9.33. The Morgan fingerprint density at radius 3 is 2.31 bits per heavy atom. The minimum absolute atomic E-state index is 0.00630. The topological polar surface area (TPSA) is 387 Å². The minimum atomic E-state index is -5.10. The molecule has 2 fully saturated rings. The molecular formula is C29H45N10O17P3. The molecule has 2 aliphatic rings. The lowest BCUT2D eigenvalue weighted by Crippen LogP contribution is -2.37. The summed E-state index contributed by atoms with van der Waals surface area (Å²) >= 11 is 0. The molecule has 27 nitrogen and oxygen atoms in total. The number of likely N-dealkylation sites (tertiary alicyclic amines) is 1. The summed E-state index contributed by atoms with van der Waals surface area (Å²) in [7, 11) is -13.4. The van der Waals surface area contributed by atoms with Crippen LogP contribution in [0.15, 0.2) is 23.6 Å². The van der Waals surface area contributed by atoms with E-state index in [1.165, 1.54) is 24.3 Å². The summed E-state index contributed by atoms with van der Waals surface area (Å²) in [5.41, 5.74) is 12.6. The van der Waals surface area contributed by atoms with Crippen LogP contribution >= 0.6 is 23.5 Å². The van der Waals surface area contributed by atoms with Gasteiger partial charge in [-0.25, -0.2) is 28.6 Å². The van der Waals surface area contributed by atoms with Gasteiger partial charge in [0, 0.05) is 57.6 Å². The van der Waals surface area contributed by atoms with Crippen LogP contribution in [0.2, 0.25) is 0 Å². The average molecular weight is 899 g/mol. The van der Waals surface area contributed by atoms with Crippen molar-refractivity contribution in [1.29, 1.82) is 0 Å². The van der Waals surface area contributed by atoms with Gasteiger partial charge in [-0.1, -0.05) is 0 Å². The summed E-state index contributed by atoms with van der Waals surface area (Å²) < 4.78 is 83.8. The second-order valence-electron chi connectivity index (χ2n) is 13.3. The highest BCUT2D eigenvalue weighted by Crippen LogP contribution is 2.52. The molecule has 6 rings (SSSR count). The molecule has 30 heteroatoms. The Hall–Kier alpha value is -3.30. The van der Waals surface area contributed by atoms with E-state index in [0.29, 0.717) is 16.6 Å². The first-order chi connectivity index (χ1) is 28.0. The standard InChI is InChI=1S/C29H45N10O17P3/c1-49-24-23(56-58(45,46)51-7-3-5-41)19(54-28(24)39-15-35-22-26(39)36-29(31)37-27(22)42)13-53-59(47,48)55-18-11-38(9-16-8-32-21-20(16)33-14-34-25(21)30)10-17(18)12-52-57(43,44)50-6-2-4-40/h8,14-15,17-19,23-24,28,32,40-41H,2-7,9-13H2,1H3,(H,43,44)(H,45,46)(H,47,48)(H2,30,33,34)(H3,31,36,37,42)/t17-,18-,19-,23?,24+,28-/m1/s1. The number of ether oxygens (including phenoxy) is 2. The van der Waals surface area contributed by atoms with Crippen LogP contribution in [0.25, 0.3) is 22.2 Å². The molecule has 4 aromatic rings. The highest BCUT2D eigenvalue weighted by Gasteiger charge is 2.51. The minimum Gasteiger partial charge on any atom is -0.396 e. The van der Waals surface area contributed by atoms with Crippen molar-refractivity contribution < 1.29 is 75.2 Å². The number of nitrogens with two attached hydrogens (primary N) is 2. The van der Waals surface area contributed by atoms with Crippen LogP contribution in [-0.4, -0.2) is 149 Å². The van der Waals surface area contributed by atoms with Crippen molar-refractivity contribution in [2.45, 2.75) is 50.0 Å². The van der Waals surface area contributed by atoms with Gasteiger partial charge in [-0.05, 0) is 12.8 Å². The fourth-order valence-electron chi connectivity index (χ4n) is 6.55. The number of nitrogens with one attached hydrogen (secondary N) is 2. The Morgan fingerprint density at radius 1 is 0.898 bits per heavy atom. The van der Waals surface area contributed by atoms with Gasteiger partial charge >= 0.3 is 23.5 Å². The number of methoxy groups -OCH3 is 1. The van der Waals surface area contributed by atoms with Crippen molar-refractivity contribution >= 4 is 57.4 Å². The molecule has 0 saturated carbocycles. The van der Waals surface area contributed by atoms with E-state index < -0.39 is 78.8 Å². The average Bonchev–Trinajstić information content (AvgIpc) is 3.95. The first-order valence-electron chi connectivity index (χ1n) is 17.9. The van der Waals surface area contributed by atoms with E-state index in [1.807, 2.05) is 4.90 Å². The van der Waals surface area contributed by atoms with Crippen LogP contribution in [0.1, 0.15) is 24.6 Å². The summed E-state index contributed by atoms with van der Waals surface area (Å²) in [4.78, 5) is 67.9. The molecule has 4 aromatic heterocycles. The number of anilines is 2. The van der Waals surface area contributed by atoms with Crippen molar-refractivity contribution in [3.05, 3.63) is 34.8 Å². The number of phosphoric acid groups is 3. The van der Waals surface area contributed by atoms with E-state index in [2.05, 4.69) is 29.9 Å². The van der Waals surface area contributed by atoms with E-state index in [0.717, 1.165) is 0 Å². The Labute approximate surface area is 333 Å². The molecular weight excluding hydrogens is 853 g/mol. The molecule has 0 aliphatic carbocycles. The number of nitrogen functional groups attached to an aromatic ring is 2. The second kappa shape index (κ2) is 19.2.